The molecule has 0 aliphatic carbocycles. The van der Waals surface area contributed by atoms with Crippen LogP contribution < -0.4 is 10.1 Å². The molecule has 1 heterocycles. The summed E-state index contributed by atoms with van der Waals surface area (Å²) in [6.07, 6.45) is -0.473. The van der Waals surface area contributed by atoms with E-state index in [-0.39, 0.29) is 31.9 Å². The van der Waals surface area contributed by atoms with Crippen molar-refractivity contribution in [2.75, 3.05) is 13.2 Å². The van der Waals surface area contributed by atoms with Crippen molar-refractivity contribution in [3.8, 4) is 5.75 Å². The average Bonchev–Trinajstić information content (AvgIpc) is 2.97. The first kappa shape index (κ1) is 24.5. The number of benzene rings is 2. The van der Waals surface area contributed by atoms with Gasteiger partial charge in [0.1, 0.15) is 17.1 Å². The highest BCUT2D eigenvalue weighted by Gasteiger charge is 2.47. The van der Waals surface area contributed by atoms with Crippen molar-refractivity contribution >= 4 is 11.9 Å². The molecule has 2 aromatic rings. The van der Waals surface area contributed by atoms with E-state index in [1.54, 1.807) is 37.3 Å². The first-order chi connectivity index (χ1) is 15.7. The van der Waals surface area contributed by atoms with Gasteiger partial charge in [-0.05, 0) is 43.5 Å². The van der Waals surface area contributed by atoms with Gasteiger partial charge in [0.25, 0.3) is 5.91 Å². The summed E-state index contributed by atoms with van der Waals surface area (Å²) < 4.78 is 47.7. The van der Waals surface area contributed by atoms with E-state index < -0.39 is 36.0 Å². The van der Waals surface area contributed by atoms with Crippen LogP contribution in [0.4, 0.5) is 18.0 Å². The third kappa shape index (κ3) is 6.45. The summed E-state index contributed by atoms with van der Waals surface area (Å²) in [7, 11) is 0. The predicted octanol–water partition coefficient (Wildman–Crippen LogP) is 3.25. The van der Waals surface area contributed by atoms with Gasteiger partial charge in [-0.3, -0.25) is 9.69 Å². The van der Waals surface area contributed by atoms with Gasteiger partial charge in [-0.2, -0.15) is 8.78 Å². The molecule has 1 aliphatic heterocycles. The van der Waals surface area contributed by atoms with Crippen molar-refractivity contribution in [1.82, 2.24) is 10.2 Å². The van der Waals surface area contributed by atoms with Gasteiger partial charge in [0, 0.05) is 5.56 Å². The number of β-amino-alcohol motifs (C(OH)–C–C–N with tert-alkyl or cyclic N) is 1. The third-order valence-corrected chi connectivity index (χ3v) is 5.33. The number of aliphatic hydroxyl groups excluding tert-OH is 1. The van der Waals surface area contributed by atoms with Gasteiger partial charge >= 0.3 is 12.6 Å². The lowest BCUT2D eigenvalue weighted by Gasteiger charge is -2.22. The van der Waals surface area contributed by atoms with Crippen LogP contribution in [0.3, 0.4) is 0 Å². The van der Waals surface area contributed by atoms with Gasteiger partial charge in [0.2, 0.25) is 0 Å². The molecule has 7 nitrogen and oxygen atoms in total. The van der Waals surface area contributed by atoms with Gasteiger partial charge in [0.05, 0.1) is 25.9 Å². The fraction of sp³-hybridized carbons (Fsp3) is 0.391. The lowest BCUT2D eigenvalue weighted by molar-refractivity contribution is -0.132. The molecule has 2 unspecified atom stereocenters. The zero-order valence-corrected chi connectivity index (χ0v) is 18.0. The Kier molecular flexibility index (Phi) is 7.93. The van der Waals surface area contributed by atoms with Gasteiger partial charge in [-0.25, -0.2) is 9.18 Å². The number of nitrogens with zero attached hydrogens (tertiary/aromatic N) is 1. The molecule has 0 aromatic heterocycles. The number of hydrogen-bond acceptors (Lipinski definition) is 5. The molecule has 178 valence electrons. The predicted molar refractivity (Wildman–Crippen MR) is 112 cm³/mol. The van der Waals surface area contributed by atoms with Crippen molar-refractivity contribution in [3.05, 3.63) is 65.5 Å². The molecule has 3 rings (SSSR count). The van der Waals surface area contributed by atoms with Crippen LogP contribution in [0, 0.1) is 5.82 Å². The van der Waals surface area contributed by atoms with Gasteiger partial charge in [-0.15, -0.1) is 0 Å². The van der Waals surface area contributed by atoms with Crippen molar-refractivity contribution in [1.29, 1.82) is 0 Å². The fourth-order valence-corrected chi connectivity index (χ4v) is 3.50. The summed E-state index contributed by atoms with van der Waals surface area (Å²) in [5, 5.41) is 12.8. The molecular formula is C23H25F3N2O5. The molecule has 1 saturated heterocycles. The summed E-state index contributed by atoms with van der Waals surface area (Å²) in [5.74, 6) is -0.881. The highest BCUT2D eigenvalue weighted by molar-refractivity contribution is 6.06. The van der Waals surface area contributed by atoms with E-state index in [1.807, 2.05) is 0 Å². The number of imide groups is 1. The van der Waals surface area contributed by atoms with Gasteiger partial charge in [0.15, 0.2) is 0 Å². The van der Waals surface area contributed by atoms with Crippen molar-refractivity contribution in [2.24, 2.45) is 0 Å². The number of ether oxygens (including phenoxy) is 2. The van der Waals surface area contributed by atoms with Crippen molar-refractivity contribution < 1.29 is 37.3 Å². The quantitative estimate of drug-likeness (QED) is 0.497. The first-order valence-corrected chi connectivity index (χ1v) is 10.3. The lowest BCUT2D eigenvalue weighted by Crippen LogP contribution is -2.45. The largest absolute Gasteiger partial charge is 0.435 e. The molecule has 33 heavy (non-hydrogen) atoms. The minimum atomic E-state index is -2.91. The highest BCUT2D eigenvalue weighted by atomic mass is 19.3. The summed E-state index contributed by atoms with van der Waals surface area (Å²) in [5.41, 5.74) is -0.0656. The molecular weight excluding hydrogens is 441 g/mol. The molecule has 2 aromatic carbocycles. The highest BCUT2D eigenvalue weighted by Crippen LogP contribution is 2.24. The number of rotatable bonds is 11. The molecule has 10 heteroatoms. The molecule has 2 N–H and O–H groups in total. The van der Waals surface area contributed by atoms with E-state index >= 15 is 0 Å². The number of aryl methyl sites for hydroxylation is 1. The Balaban J connectivity index is 1.49. The number of urea groups is 1. The van der Waals surface area contributed by atoms with Crippen LogP contribution in [0.25, 0.3) is 0 Å². The summed E-state index contributed by atoms with van der Waals surface area (Å²) in [4.78, 5) is 26.1. The zero-order valence-electron chi connectivity index (χ0n) is 18.0. The lowest BCUT2D eigenvalue weighted by atomic mass is 9.93. The van der Waals surface area contributed by atoms with Gasteiger partial charge in [-0.1, -0.05) is 30.3 Å². The van der Waals surface area contributed by atoms with Crippen LogP contribution in [0.2, 0.25) is 0 Å². The van der Waals surface area contributed by atoms with Crippen LogP contribution in [0.1, 0.15) is 24.5 Å². The van der Waals surface area contributed by atoms with Crippen LogP contribution in [0.5, 0.6) is 5.75 Å². The van der Waals surface area contributed by atoms with E-state index in [0.717, 1.165) is 10.5 Å². The Labute approximate surface area is 189 Å². The van der Waals surface area contributed by atoms with E-state index in [2.05, 4.69) is 10.1 Å². The molecule has 0 spiro atoms. The zero-order chi connectivity index (χ0) is 24.0. The minimum Gasteiger partial charge on any atom is -0.435 e. The number of hydrogen-bond donors (Lipinski definition) is 2. The number of carbonyl (C=O) groups is 2. The molecule has 1 fully saturated rings. The second-order valence-corrected chi connectivity index (χ2v) is 7.96. The Morgan fingerprint density at radius 1 is 1.12 bits per heavy atom. The fourth-order valence-electron chi connectivity index (χ4n) is 3.50. The number of halogens is 3. The maximum atomic E-state index is 13.6. The maximum absolute atomic E-state index is 13.6. The molecule has 3 amide bonds. The smallest absolute Gasteiger partial charge is 0.387 e. The van der Waals surface area contributed by atoms with Crippen LogP contribution >= 0.6 is 0 Å². The number of carbonyl (C=O) groups excluding carboxylic acids is 2. The van der Waals surface area contributed by atoms with Crippen LogP contribution in [-0.4, -0.2) is 53.4 Å². The summed E-state index contributed by atoms with van der Waals surface area (Å²) >= 11 is 0. The molecule has 0 saturated carbocycles. The minimum absolute atomic E-state index is 0.0302. The monoisotopic (exact) mass is 466 g/mol. The first-order valence-electron chi connectivity index (χ1n) is 10.3. The SMILES string of the molecule is CC1(CCc2ccc(OC(F)F)cc2)NC(=O)N(CC(O)COCc2ccccc2F)C1=O. The Bertz CT molecular complexity index is 973. The summed E-state index contributed by atoms with van der Waals surface area (Å²) in [6, 6.07) is 11.5. The van der Waals surface area contributed by atoms with E-state index in [4.69, 9.17) is 4.74 Å². The average molecular weight is 466 g/mol. The van der Waals surface area contributed by atoms with E-state index in [9.17, 15) is 27.9 Å². The molecule has 0 bridgehead atoms. The van der Waals surface area contributed by atoms with Gasteiger partial charge < -0.3 is 19.9 Å². The van der Waals surface area contributed by atoms with Crippen molar-refractivity contribution in [2.45, 2.75) is 44.6 Å². The maximum Gasteiger partial charge on any atom is 0.387 e. The standard InChI is InChI=1S/C23H25F3N2O5/c1-23(11-10-15-6-8-18(9-7-15)33-21(25)26)20(30)28(22(31)27-23)12-17(29)14-32-13-16-4-2-3-5-19(16)24/h2-9,17,21,29H,10-14H2,1H3,(H,27,31). The summed E-state index contributed by atoms with van der Waals surface area (Å²) in [6.45, 7) is -1.83. The Morgan fingerprint density at radius 2 is 1.82 bits per heavy atom. The second kappa shape index (κ2) is 10.7. The molecule has 1 aliphatic rings. The van der Waals surface area contributed by atoms with E-state index in [0.29, 0.717) is 12.0 Å². The van der Waals surface area contributed by atoms with E-state index in [1.165, 1.54) is 18.2 Å². The van der Waals surface area contributed by atoms with Crippen LogP contribution in [0.15, 0.2) is 48.5 Å². The number of aliphatic hydroxyl groups is 1. The topological polar surface area (TPSA) is 88.1 Å². The Morgan fingerprint density at radius 3 is 2.48 bits per heavy atom. The normalized spacial score (nSPS) is 19.2. The van der Waals surface area contributed by atoms with Crippen molar-refractivity contribution in [3.63, 3.8) is 0 Å². The number of nitrogens with one attached hydrogen (secondary N) is 1. The van der Waals surface area contributed by atoms with Crippen LogP contribution in [-0.2, 0) is 22.6 Å². The Hall–Kier alpha value is -3.11. The molecule has 2 atom stereocenters. The third-order valence-electron chi connectivity index (χ3n) is 5.33. The number of amides is 3. The number of alkyl halides is 2. The molecule has 0 radical (unpaired) electrons. The second-order valence-electron chi connectivity index (χ2n) is 7.96.